The van der Waals surface area contributed by atoms with Crippen LogP contribution >= 0.6 is 0 Å². The molecule has 1 rings (SSSR count). The Balaban J connectivity index is 2.96. The van der Waals surface area contributed by atoms with Crippen LogP contribution < -0.4 is 5.73 Å². The average molecular weight is 240 g/mol. The number of likely N-dealkylation sites (N-methyl/N-ethyl adjacent to an activating group) is 1. The summed E-state index contributed by atoms with van der Waals surface area (Å²) in [6.45, 7) is 16.0. The molecule has 2 nitrogen and oxygen atoms in total. The molecule has 1 aliphatic rings. The second kappa shape index (κ2) is 5.27. The lowest BCUT2D eigenvalue weighted by Crippen LogP contribution is -2.62. The number of hydrogen-bond acceptors (Lipinski definition) is 2. The first kappa shape index (κ1) is 15.0. The van der Waals surface area contributed by atoms with Crippen molar-refractivity contribution >= 4 is 0 Å². The minimum Gasteiger partial charge on any atom is -0.329 e. The highest BCUT2D eigenvalue weighted by Crippen LogP contribution is 2.46. The van der Waals surface area contributed by atoms with Crippen LogP contribution in [-0.4, -0.2) is 29.6 Å². The van der Waals surface area contributed by atoms with Gasteiger partial charge >= 0.3 is 0 Å². The van der Waals surface area contributed by atoms with E-state index in [1.54, 1.807) is 0 Å². The molecule has 0 bridgehead atoms. The number of hydrogen-bond donors (Lipinski definition) is 1. The van der Waals surface area contributed by atoms with Gasteiger partial charge in [-0.05, 0) is 51.0 Å². The Kier molecular flexibility index (Phi) is 4.65. The van der Waals surface area contributed by atoms with Gasteiger partial charge in [-0.15, -0.1) is 0 Å². The molecular weight excluding hydrogens is 208 g/mol. The van der Waals surface area contributed by atoms with Gasteiger partial charge in [-0.2, -0.15) is 0 Å². The molecule has 17 heavy (non-hydrogen) atoms. The Morgan fingerprint density at radius 2 is 1.88 bits per heavy atom. The van der Waals surface area contributed by atoms with Crippen molar-refractivity contribution in [1.82, 2.24) is 4.90 Å². The number of nitrogens with zero attached hydrogens (tertiary/aromatic N) is 1. The van der Waals surface area contributed by atoms with E-state index in [0.717, 1.165) is 13.1 Å². The maximum Gasteiger partial charge on any atom is 0.0360 e. The molecule has 0 saturated heterocycles. The summed E-state index contributed by atoms with van der Waals surface area (Å²) in [4.78, 5) is 2.63. The first-order valence-corrected chi connectivity index (χ1v) is 7.26. The van der Waals surface area contributed by atoms with E-state index in [9.17, 15) is 0 Å². The zero-order valence-electron chi connectivity index (χ0n) is 12.7. The largest absolute Gasteiger partial charge is 0.329 e. The van der Waals surface area contributed by atoms with Gasteiger partial charge in [0.05, 0.1) is 0 Å². The van der Waals surface area contributed by atoms with Crippen molar-refractivity contribution in [2.24, 2.45) is 17.1 Å². The number of nitrogens with two attached hydrogens (primary N) is 1. The third kappa shape index (κ3) is 2.85. The van der Waals surface area contributed by atoms with E-state index in [2.05, 4.69) is 46.4 Å². The molecule has 0 spiro atoms. The van der Waals surface area contributed by atoms with Crippen molar-refractivity contribution in [2.45, 2.75) is 72.4 Å². The molecular formula is C15H32N2. The Morgan fingerprint density at radius 3 is 2.24 bits per heavy atom. The summed E-state index contributed by atoms with van der Waals surface area (Å²) in [5.74, 6) is 0.693. The van der Waals surface area contributed by atoms with Gasteiger partial charge in [0.2, 0.25) is 0 Å². The van der Waals surface area contributed by atoms with Crippen LogP contribution in [0, 0.1) is 11.3 Å². The van der Waals surface area contributed by atoms with Crippen molar-refractivity contribution in [2.75, 3.05) is 13.1 Å². The molecule has 0 amide bonds. The van der Waals surface area contributed by atoms with Gasteiger partial charge in [0.1, 0.15) is 0 Å². The fraction of sp³-hybridized carbons (Fsp3) is 1.00. The van der Waals surface area contributed by atoms with Crippen LogP contribution in [0.5, 0.6) is 0 Å². The Bertz CT molecular complexity index is 247. The van der Waals surface area contributed by atoms with Crippen LogP contribution in [0.15, 0.2) is 0 Å². The molecule has 0 radical (unpaired) electrons. The fourth-order valence-corrected chi connectivity index (χ4v) is 3.96. The molecule has 0 aromatic rings. The molecule has 0 aromatic heterocycles. The van der Waals surface area contributed by atoms with E-state index in [1.807, 2.05) is 0 Å². The topological polar surface area (TPSA) is 29.3 Å². The first-order chi connectivity index (χ1) is 7.79. The van der Waals surface area contributed by atoms with E-state index in [0.29, 0.717) is 17.4 Å². The average Bonchev–Trinajstić information content (AvgIpc) is 2.21. The van der Waals surface area contributed by atoms with Crippen molar-refractivity contribution in [3.05, 3.63) is 0 Å². The molecule has 2 heteroatoms. The summed E-state index contributed by atoms with van der Waals surface area (Å²) in [5, 5.41) is 0. The zero-order valence-corrected chi connectivity index (χ0v) is 12.7. The first-order valence-electron chi connectivity index (χ1n) is 7.26. The van der Waals surface area contributed by atoms with Gasteiger partial charge in [-0.3, -0.25) is 4.90 Å². The molecule has 1 fully saturated rings. The standard InChI is InChI=1S/C15H32N2/c1-7-17(12(2)3)15(11-16)9-8-14(5,6)10-13(15)4/h12-13H,7-11,16H2,1-6H3. The molecule has 0 heterocycles. The highest BCUT2D eigenvalue weighted by Gasteiger charge is 2.46. The summed E-state index contributed by atoms with van der Waals surface area (Å²) >= 11 is 0. The third-order valence-electron chi connectivity index (χ3n) is 4.90. The van der Waals surface area contributed by atoms with E-state index in [4.69, 9.17) is 5.73 Å². The van der Waals surface area contributed by atoms with Gasteiger partial charge in [0.15, 0.2) is 0 Å². The van der Waals surface area contributed by atoms with Crippen molar-refractivity contribution in [1.29, 1.82) is 0 Å². The highest BCUT2D eigenvalue weighted by molar-refractivity contribution is 5.02. The van der Waals surface area contributed by atoms with Crippen LogP contribution in [0.2, 0.25) is 0 Å². The summed E-state index contributed by atoms with van der Waals surface area (Å²) < 4.78 is 0. The van der Waals surface area contributed by atoms with Crippen LogP contribution in [-0.2, 0) is 0 Å². The molecule has 2 unspecified atom stereocenters. The number of rotatable bonds is 4. The fourth-order valence-electron chi connectivity index (χ4n) is 3.96. The Labute approximate surface area is 108 Å². The third-order valence-corrected chi connectivity index (χ3v) is 4.90. The van der Waals surface area contributed by atoms with Gasteiger partial charge in [0, 0.05) is 18.1 Å². The van der Waals surface area contributed by atoms with E-state index in [1.165, 1.54) is 19.3 Å². The quantitative estimate of drug-likeness (QED) is 0.817. The van der Waals surface area contributed by atoms with Crippen LogP contribution in [0.25, 0.3) is 0 Å². The lowest BCUT2D eigenvalue weighted by molar-refractivity contribution is -0.0363. The van der Waals surface area contributed by atoms with Gasteiger partial charge in [-0.25, -0.2) is 0 Å². The molecule has 2 N–H and O–H groups in total. The summed E-state index contributed by atoms with van der Waals surface area (Å²) in [5.41, 5.74) is 6.92. The van der Waals surface area contributed by atoms with Crippen molar-refractivity contribution in [3.63, 3.8) is 0 Å². The molecule has 1 aliphatic carbocycles. The molecule has 0 aromatic carbocycles. The normalized spacial score (nSPS) is 33.4. The van der Waals surface area contributed by atoms with E-state index >= 15 is 0 Å². The molecule has 2 atom stereocenters. The van der Waals surface area contributed by atoms with Gasteiger partial charge in [-0.1, -0.05) is 27.7 Å². The summed E-state index contributed by atoms with van der Waals surface area (Å²) in [6, 6.07) is 0.590. The Hall–Kier alpha value is -0.0800. The highest BCUT2D eigenvalue weighted by atomic mass is 15.2. The monoisotopic (exact) mass is 240 g/mol. The maximum absolute atomic E-state index is 6.19. The second-order valence-corrected chi connectivity index (χ2v) is 6.96. The van der Waals surface area contributed by atoms with Crippen LogP contribution in [0.1, 0.15) is 60.8 Å². The summed E-state index contributed by atoms with van der Waals surface area (Å²) in [7, 11) is 0. The zero-order chi connectivity index (χ0) is 13.3. The molecule has 0 aliphatic heterocycles. The van der Waals surface area contributed by atoms with E-state index < -0.39 is 0 Å². The SMILES string of the molecule is CCN(C(C)C)C1(CN)CCC(C)(C)CC1C. The molecule has 1 saturated carbocycles. The predicted molar refractivity (Wildman–Crippen MR) is 76.1 cm³/mol. The van der Waals surface area contributed by atoms with Crippen molar-refractivity contribution < 1.29 is 0 Å². The van der Waals surface area contributed by atoms with Gasteiger partial charge in [0.25, 0.3) is 0 Å². The lowest BCUT2D eigenvalue weighted by Gasteiger charge is -2.55. The lowest BCUT2D eigenvalue weighted by atomic mass is 9.63. The minimum absolute atomic E-state index is 0.235. The smallest absolute Gasteiger partial charge is 0.0360 e. The van der Waals surface area contributed by atoms with Crippen molar-refractivity contribution in [3.8, 4) is 0 Å². The Morgan fingerprint density at radius 1 is 1.29 bits per heavy atom. The maximum atomic E-state index is 6.19. The predicted octanol–water partition coefficient (Wildman–Crippen LogP) is 3.26. The minimum atomic E-state index is 0.235. The molecule has 102 valence electrons. The second-order valence-electron chi connectivity index (χ2n) is 6.96. The van der Waals surface area contributed by atoms with Gasteiger partial charge < -0.3 is 5.73 Å². The van der Waals surface area contributed by atoms with Crippen LogP contribution in [0.3, 0.4) is 0 Å². The van der Waals surface area contributed by atoms with E-state index in [-0.39, 0.29) is 5.54 Å². The van der Waals surface area contributed by atoms with Crippen LogP contribution in [0.4, 0.5) is 0 Å². The summed E-state index contributed by atoms with van der Waals surface area (Å²) in [6.07, 6.45) is 3.86.